The van der Waals surface area contributed by atoms with E-state index in [1.165, 1.54) is 18.5 Å². The molecule has 5 rings (SSSR count). The van der Waals surface area contributed by atoms with Gasteiger partial charge in [0.15, 0.2) is 0 Å². The van der Waals surface area contributed by atoms with Crippen LogP contribution in [0.4, 0.5) is 10.1 Å². The summed E-state index contributed by atoms with van der Waals surface area (Å²) in [5, 5.41) is 24.7. The third kappa shape index (κ3) is 3.42. The molecule has 2 heterocycles. The first kappa shape index (κ1) is 20.8. The van der Waals surface area contributed by atoms with Crippen molar-refractivity contribution in [2.24, 2.45) is 27.7 Å². The smallest absolute Gasteiger partial charge is 0.136 e. The second-order valence-electron chi connectivity index (χ2n) is 8.89. The highest BCUT2D eigenvalue weighted by molar-refractivity contribution is 6.09. The van der Waals surface area contributed by atoms with Gasteiger partial charge in [-0.2, -0.15) is 0 Å². The predicted molar refractivity (Wildman–Crippen MR) is 124 cm³/mol. The molecule has 0 saturated heterocycles. The largest absolute Gasteiger partial charge is 0.390 e. The normalized spacial score (nSPS) is 33.7. The minimum atomic E-state index is -0.866. The number of nitrogens with one attached hydrogen (secondary N) is 1. The van der Waals surface area contributed by atoms with Crippen LogP contribution in [-0.4, -0.2) is 51.7 Å². The van der Waals surface area contributed by atoms with Gasteiger partial charge in [-0.25, -0.2) is 14.4 Å². The van der Waals surface area contributed by atoms with Gasteiger partial charge >= 0.3 is 0 Å². The molecule has 7 heteroatoms. The monoisotopic (exact) mass is 434 g/mol. The number of aliphatic hydroxyl groups is 2. The molecule has 0 spiro atoms. The molecule has 32 heavy (non-hydrogen) atoms. The topological polar surface area (TPSA) is 80.5 Å². The van der Waals surface area contributed by atoms with Gasteiger partial charge in [0.2, 0.25) is 0 Å². The molecule has 3 N–H and O–H groups in total. The van der Waals surface area contributed by atoms with Crippen molar-refractivity contribution in [3.05, 3.63) is 72.2 Å². The number of amidine groups is 1. The lowest BCUT2D eigenvalue weighted by molar-refractivity contribution is -0.00705. The molecule has 2 aromatic carbocycles. The fraction of sp³-hybridized carbons (Fsp3) is 0.360. The SMILES string of the molecule is CC1C(C)C(N2C=C(c3ccccc3)C3C(Nc4ccc(F)cc4)=NC=NC32)C(O)C1O. The van der Waals surface area contributed by atoms with Gasteiger partial charge in [0, 0.05) is 11.9 Å². The molecule has 2 aliphatic heterocycles. The van der Waals surface area contributed by atoms with E-state index >= 15 is 0 Å². The predicted octanol–water partition coefficient (Wildman–Crippen LogP) is 3.35. The summed E-state index contributed by atoms with van der Waals surface area (Å²) in [6, 6.07) is 16.0. The van der Waals surface area contributed by atoms with Crippen molar-refractivity contribution in [3.63, 3.8) is 0 Å². The molecule has 1 fully saturated rings. The summed E-state index contributed by atoms with van der Waals surface area (Å²) >= 11 is 0. The fourth-order valence-corrected chi connectivity index (χ4v) is 5.18. The molecule has 7 atom stereocenters. The van der Waals surface area contributed by atoms with Crippen molar-refractivity contribution in [1.29, 1.82) is 0 Å². The van der Waals surface area contributed by atoms with Crippen molar-refractivity contribution in [3.8, 4) is 0 Å². The molecule has 1 saturated carbocycles. The number of hydrogen-bond donors (Lipinski definition) is 3. The maximum atomic E-state index is 13.4. The van der Waals surface area contributed by atoms with E-state index in [0.717, 1.165) is 16.8 Å². The number of nitrogens with zero attached hydrogens (tertiary/aromatic N) is 3. The molecule has 0 aromatic heterocycles. The van der Waals surface area contributed by atoms with E-state index < -0.39 is 12.2 Å². The third-order valence-electron chi connectivity index (χ3n) is 7.11. The average molecular weight is 435 g/mol. The maximum absolute atomic E-state index is 13.4. The number of aliphatic hydroxyl groups excluding tert-OH is 2. The Morgan fingerprint density at radius 3 is 2.31 bits per heavy atom. The molecule has 2 aromatic rings. The first-order valence-corrected chi connectivity index (χ1v) is 11.0. The number of halogens is 1. The van der Waals surface area contributed by atoms with E-state index in [1.807, 2.05) is 37.3 Å². The first-order chi connectivity index (χ1) is 15.5. The Morgan fingerprint density at radius 1 is 0.938 bits per heavy atom. The number of aliphatic imine (C=N–C) groups is 2. The van der Waals surface area contributed by atoms with E-state index in [9.17, 15) is 14.6 Å². The molecule has 0 radical (unpaired) electrons. The van der Waals surface area contributed by atoms with Gasteiger partial charge in [0.25, 0.3) is 0 Å². The Kier molecular flexibility index (Phi) is 5.31. The second kappa shape index (κ2) is 8.15. The minimum absolute atomic E-state index is 0.0272. The van der Waals surface area contributed by atoms with Crippen molar-refractivity contribution >= 4 is 23.4 Å². The molecule has 166 valence electrons. The maximum Gasteiger partial charge on any atom is 0.136 e. The Bertz CT molecular complexity index is 1060. The standard InChI is InChI=1S/C25H27FN4O2/c1-14-15(2)22(31)23(32)21(14)30-12-19(16-6-4-3-5-7-16)20-24(27-13-28-25(20)30)29-18-10-8-17(26)9-11-18/h3-15,20-23,25,31-32H,1-2H3,(H,27,28,29). The zero-order valence-electron chi connectivity index (χ0n) is 18.0. The van der Waals surface area contributed by atoms with Crippen molar-refractivity contribution < 1.29 is 14.6 Å². The fourth-order valence-electron chi connectivity index (χ4n) is 5.18. The molecule has 0 amide bonds. The first-order valence-electron chi connectivity index (χ1n) is 11.0. The lowest BCUT2D eigenvalue weighted by Crippen LogP contribution is -2.49. The van der Waals surface area contributed by atoms with Crippen LogP contribution in [0.1, 0.15) is 19.4 Å². The molecule has 7 unspecified atom stereocenters. The summed E-state index contributed by atoms with van der Waals surface area (Å²) in [4.78, 5) is 11.3. The number of rotatable bonds is 3. The number of benzene rings is 2. The summed E-state index contributed by atoms with van der Waals surface area (Å²) in [7, 11) is 0. The van der Waals surface area contributed by atoms with Gasteiger partial charge in [0.1, 0.15) is 30.3 Å². The van der Waals surface area contributed by atoms with E-state index in [2.05, 4.69) is 33.3 Å². The van der Waals surface area contributed by atoms with Gasteiger partial charge < -0.3 is 20.4 Å². The third-order valence-corrected chi connectivity index (χ3v) is 7.11. The summed E-state index contributed by atoms with van der Waals surface area (Å²) < 4.78 is 13.4. The van der Waals surface area contributed by atoms with Crippen LogP contribution in [0.15, 0.2) is 70.8 Å². The summed E-state index contributed by atoms with van der Waals surface area (Å²) in [5.74, 6) is 0.271. The molecular formula is C25H27FN4O2. The quantitative estimate of drug-likeness (QED) is 0.692. The Balaban J connectivity index is 1.54. The highest BCUT2D eigenvalue weighted by atomic mass is 19.1. The van der Waals surface area contributed by atoms with Gasteiger partial charge in [-0.3, -0.25) is 0 Å². The molecule has 3 aliphatic rings. The lowest BCUT2D eigenvalue weighted by atomic mass is 9.91. The highest BCUT2D eigenvalue weighted by Crippen LogP contribution is 2.45. The van der Waals surface area contributed by atoms with Crippen LogP contribution in [-0.2, 0) is 0 Å². The van der Waals surface area contributed by atoms with Gasteiger partial charge in [-0.05, 0) is 47.2 Å². The molecule has 1 aliphatic carbocycles. The summed E-state index contributed by atoms with van der Waals surface area (Å²) in [6.07, 6.45) is 1.65. The lowest BCUT2D eigenvalue weighted by Gasteiger charge is -2.37. The van der Waals surface area contributed by atoms with Crippen LogP contribution in [0.5, 0.6) is 0 Å². The van der Waals surface area contributed by atoms with Crippen LogP contribution in [0.3, 0.4) is 0 Å². The van der Waals surface area contributed by atoms with E-state index in [-0.39, 0.29) is 35.8 Å². The van der Waals surface area contributed by atoms with Crippen LogP contribution >= 0.6 is 0 Å². The van der Waals surface area contributed by atoms with Gasteiger partial charge in [0.05, 0.1) is 18.1 Å². The van der Waals surface area contributed by atoms with E-state index in [0.29, 0.717) is 5.84 Å². The minimum Gasteiger partial charge on any atom is -0.390 e. The van der Waals surface area contributed by atoms with Gasteiger partial charge in [-0.1, -0.05) is 44.2 Å². The number of anilines is 1. The highest BCUT2D eigenvalue weighted by Gasteiger charge is 2.52. The molecule has 6 nitrogen and oxygen atoms in total. The Morgan fingerprint density at radius 2 is 1.66 bits per heavy atom. The van der Waals surface area contributed by atoms with Crippen LogP contribution in [0.2, 0.25) is 0 Å². The van der Waals surface area contributed by atoms with Crippen molar-refractivity contribution in [1.82, 2.24) is 4.90 Å². The van der Waals surface area contributed by atoms with Crippen LogP contribution in [0.25, 0.3) is 5.57 Å². The van der Waals surface area contributed by atoms with Crippen molar-refractivity contribution in [2.75, 3.05) is 5.32 Å². The van der Waals surface area contributed by atoms with E-state index in [1.54, 1.807) is 12.1 Å². The van der Waals surface area contributed by atoms with E-state index in [4.69, 9.17) is 0 Å². The average Bonchev–Trinajstić information content (AvgIpc) is 3.28. The Labute approximate surface area is 186 Å². The number of fused-ring (bicyclic) bond motifs is 1. The molecule has 0 bridgehead atoms. The van der Waals surface area contributed by atoms with Crippen LogP contribution in [0, 0.1) is 23.6 Å². The zero-order valence-corrected chi connectivity index (χ0v) is 18.0. The van der Waals surface area contributed by atoms with Crippen LogP contribution < -0.4 is 5.32 Å². The molecular weight excluding hydrogens is 407 g/mol. The van der Waals surface area contributed by atoms with Gasteiger partial charge in [-0.15, -0.1) is 0 Å². The summed E-state index contributed by atoms with van der Waals surface area (Å²) in [5.41, 5.74) is 2.82. The zero-order chi connectivity index (χ0) is 22.4. The van der Waals surface area contributed by atoms with Crippen molar-refractivity contribution in [2.45, 2.75) is 38.3 Å². The second-order valence-corrected chi connectivity index (χ2v) is 8.89. The summed E-state index contributed by atoms with van der Waals surface area (Å²) in [6.45, 7) is 4.04. The Hall–Kier alpha value is -3.03. The number of hydrogen-bond acceptors (Lipinski definition) is 6.